The van der Waals surface area contributed by atoms with E-state index in [2.05, 4.69) is 15.3 Å². The van der Waals surface area contributed by atoms with Crippen LogP contribution in [0.1, 0.15) is 27.7 Å². The molecule has 26 heavy (non-hydrogen) atoms. The highest BCUT2D eigenvalue weighted by Crippen LogP contribution is 2.21. The maximum Gasteiger partial charge on any atom is 0.359 e. The average molecular weight is 347 g/mol. The van der Waals surface area contributed by atoms with Gasteiger partial charge >= 0.3 is 5.97 Å². The number of esters is 1. The first-order chi connectivity index (χ1) is 12.6. The first-order valence-electron chi connectivity index (χ1n) is 8.03. The highest BCUT2D eigenvalue weighted by Gasteiger charge is 2.26. The molecule has 3 aromatic rings. The molecule has 0 aliphatic rings. The summed E-state index contributed by atoms with van der Waals surface area (Å²) in [7, 11) is 0. The number of amides is 1. The van der Waals surface area contributed by atoms with Crippen molar-refractivity contribution >= 4 is 17.6 Å². The fourth-order valence-electron chi connectivity index (χ4n) is 2.32. The third-order valence-electron chi connectivity index (χ3n) is 3.66. The minimum Gasteiger partial charge on any atom is -0.443 e. The van der Waals surface area contributed by atoms with Crippen molar-refractivity contribution in [3.63, 3.8) is 0 Å². The summed E-state index contributed by atoms with van der Waals surface area (Å²) in [6.45, 7) is 1.96. The maximum absolute atomic E-state index is 12.7. The number of anilines is 1. The van der Waals surface area contributed by atoms with Crippen LogP contribution in [0.4, 0.5) is 5.69 Å². The van der Waals surface area contributed by atoms with Crippen LogP contribution in [0.15, 0.2) is 73.2 Å². The predicted molar refractivity (Wildman–Crippen MR) is 96.4 cm³/mol. The fraction of sp³-hybridized carbons (Fsp3) is 0.100. The molecule has 0 aliphatic heterocycles. The van der Waals surface area contributed by atoms with E-state index in [4.69, 9.17) is 4.74 Å². The standard InChI is InChI=1S/C20H17N3O3/c1-14-7-9-16(10-8-14)23-19(24)18(15-5-3-2-4-6-15)26-20(25)17-13-21-11-12-22-17/h2-13,18H,1H3,(H,23,24)/t18-/m0/s1. The molecule has 1 N–H and O–H groups in total. The summed E-state index contributed by atoms with van der Waals surface area (Å²) >= 11 is 0. The van der Waals surface area contributed by atoms with E-state index in [0.29, 0.717) is 11.3 Å². The lowest BCUT2D eigenvalue weighted by atomic mass is 10.1. The van der Waals surface area contributed by atoms with Gasteiger partial charge in [-0.25, -0.2) is 9.78 Å². The largest absolute Gasteiger partial charge is 0.443 e. The van der Waals surface area contributed by atoms with E-state index < -0.39 is 18.0 Å². The van der Waals surface area contributed by atoms with Crippen molar-refractivity contribution in [2.45, 2.75) is 13.0 Å². The van der Waals surface area contributed by atoms with Gasteiger partial charge in [-0.2, -0.15) is 0 Å². The topological polar surface area (TPSA) is 81.2 Å². The Morgan fingerprint density at radius 3 is 2.38 bits per heavy atom. The summed E-state index contributed by atoms with van der Waals surface area (Å²) in [4.78, 5) is 32.8. The van der Waals surface area contributed by atoms with Crippen LogP contribution in [0.5, 0.6) is 0 Å². The molecule has 6 heteroatoms. The summed E-state index contributed by atoms with van der Waals surface area (Å²) in [6.07, 6.45) is 3.03. The van der Waals surface area contributed by atoms with Gasteiger partial charge in [-0.15, -0.1) is 0 Å². The van der Waals surface area contributed by atoms with E-state index in [-0.39, 0.29) is 5.69 Å². The second-order valence-corrected chi connectivity index (χ2v) is 5.64. The molecule has 3 rings (SSSR count). The van der Waals surface area contributed by atoms with Gasteiger partial charge in [0.2, 0.25) is 6.10 Å². The molecule has 6 nitrogen and oxygen atoms in total. The third-order valence-corrected chi connectivity index (χ3v) is 3.66. The van der Waals surface area contributed by atoms with Gasteiger partial charge in [-0.3, -0.25) is 9.78 Å². The van der Waals surface area contributed by atoms with Gasteiger partial charge < -0.3 is 10.1 Å². The molecule has 1 heterocycles. The summed E-state index contributed by atoms with van der Waals surface area (Å²) in [5.41, 5.74) is 2.31. The number of ether oxygens (including phenoxy) is 1. The molecule has 0 saturated heterocycles. The van der Waals surface area contributed by atoms with Gasteiger partial charge in [0.15, 0.2) is 5.69 Å². The van der Waals surface area contributed by atoms with Crippen molar-refractivity contribution in [2.75, 3.05) is 5.32 Å². The van der Waals surface area contributed by atoms with E-state index in [1.165, 1.54) is 18.6 Å². The molecule has 1 amide bonds. The molecular formula is C20H17N3O3. The van der Waals surface area contributed by atoms with Crippen molar-refractivity contribution in [1.29, 1.82) is 0 Å². The zero-order valence-electron chi connectivity index (χ0n) is 14.1. The number of nitrogens with zero attached hydrogens (tertiary/aromatic N) is 2. The van der Waals surface area contributed by atoms with Gasteiger partial charge in [-0.05, 0) is 19.1 Å². The molecule has 0 unspecified atom stereocenters. The van der Waals surface area contributed by atoms with Crippen molar-refractivity contribution in [3.8, 4) is 0 Å². The van der Waals surface area contributed by atoms with E-state index >= 15 is 0 Å². The van der Waals surface area contributed by atoms with Crippen LogP contribution in [0, 0.1) is 6.92 Å². The monoisotopic (exact) mass is 347 g/mol. The number of benzene rings is 2. The van der Waals surface area contributed by atoms with Crippen molar-refractivity contribution in [3.05, 3.63) is 90.0 Å². The van der Waals surface area contributed by atoms with Crippen LogP contribution < -0.4 is 5.32 Å². The van der Waals surface area contributed by atoms with Crippen LogP contribution in [-0.4, -0.2) is 21.8 Å². The van der Waals surface area contributed by atoms with Gasteiger partial charge in [0.05, 0.1) is 6.20 Å². The molecule has 1 aromatic heterocycles. The number of nitrogens with one attached hydrogen (secondary N) is 1. The Hall–Kier alpha value is -3.54. The minimum absolute atomic E-state index is 0.0385. The third kappa shape index (κ3) is 4.30. The molecular weight excluding hydrogens is 330 g/mol. The number of aryl methyl sites for hydroxylation is 1. The van der Waals surface area contributed by atoms with Gasteiger partial charge in [0.25, 0.3) is 5.91 Å². The van der Waals surface area contributed by atoms with Crippen LogP contribution in [0.2, 0.25) is 0 Å². The van der Waals surface area contributed by atoms with Crippen molar-refractivity contribution < 1.29 is 14.3 Å². The van der Waals surface area contributed by atoms with Crippen molar-refractivity contribution in [2.24, 2.45) is 0 Å². The molecule has 0 saturated carbocycles. The molecule has 2 aromatic carbocycles. The number of hydrogen-bond acceptors (Lipinski definition) is 5. The zero-order chi connectivity index (χ0) is 18.4. The fourth-order valence-corrected chi connectivity index (χ4v) is 2.32. The van der Waals surface area contributed by atoms with E-state index in [1.807, 2.05) is 25.1 Å². The first-order valence-corrected chi connectivity index (χ1v) is 8.03. The number of aromatic nitrogens is 2. The first kappa shape index (κ1) is 17.3. The molecule has 0 radical (unpaired) electrons. The molecule has 0 spiro atoms. The average Bonchev–Trinajstić information content (AvgIpc) is 2.69. The highest BCUT2D eigenvalue weighted by atomic mass is 16.5. The lowest BCUT2D eigenvalue weighted by Gasteiger charge is -2.18. The molecule has 0 fully saturated rings. The Kier molecular flexibility index (Phi) is 5.34. The van der Waals surface area contributed by atoms with Gasteiger partial charge in [0.1, 0.15) is 0 Å². The Labute approximate surface area is 150 Å². The number of carbonyl (C=O) groups is 2. The van der Waals surface area contributed by atoms with E-state index in [9.17, 15) is 9.59 Å². The lowest BCUT2D eigenvalue weighted by Crippen LogP contribution is -2.26. The maximum atomic E-state index is 12.7. The smallest absolute Gasteiger partial charge is 0.359 e. The zero-order valence-corrected chi connectivity index (χ0v) is 14.1. The van der Waals surface area contributed by atoms with E-state index in [0.717, 1.165) is 5.56 Å². The van der Waals surface area contributed by atoms with Crippen molar-refractivity contribution in [1.82, 2.24) is 9.97 Å². The normalized spacial score (nSPS) is 11.4. The lowest BCUT2D eigenvalue weighted by molar-refractivity contribution is -0.125. The number of rotatable bonds is 5. The molecule has 0 aliphatic carbocycles. The van der Waals surface area contributed by atoms with Gasteiger partial charge in [0, 0.05) is 23.6 Å². The summed E-state index contributed by atoms with van der Waals surface area (Å²) in [5.74, 6) is -1.16. The highest BCUT2D eigenvalue weighted by molar-refractivity contribution is 5.97. The number of carbonyl (C=O) groups excluding carboxylic acids is 2. The second-order valence-electron chi connectivity index (χ2n) is 5.64. The Morgan fingerprint density at radius 1 is 1.00 bits per heavy atom. The van der Waals surface area contributed by atoms with E-state index in [1.54, 1.807) is 36.4 Å². The van der Waals surface area contributed by atoms with Crippen LogP contribution in [0.3, 0.4) is 0 Å². The van der Waals surface area contributed by atoms with Crippen LogP contribution >= 0.6 is 0 Å². The Balaban J connectivity index is 1.82. The Morgan fingerprint density at radius 2 is 1.73 bits per heavy atom. The quantitative estimate of drug-likeness (QED) is 0.716. The number of hydrogen-bond donors (Lipinski definition) is 1. The summed E-state index contributed by atoms with van der Waals surface area (Å²) < 4.78 is 5.43. The molecule has 1 atom stereocenters. The van der Waals surface area contributed by atoms with Crippen LogP contribution in [0.25, 0.3) is 0 Å². The Bertz CT molecular complexity index is 881. The minimum atomic E-state index is -1.10. The van der Waals surface area contributed by atoms with Crippen LogP contribution in [-0.2, 0) is 9.53 Å². The second kappa shape index (κ2) is 8.02. The molecule has 0 bridgehead atoms. The molecule has 130 valence electrons. The van der Waals surface area contributed by atoms with Gasteiger partial charge in [-0.1, -0.05) is 48.0 Å². The SMILES string of the molecule is Cc1ccc(NC(=O)[C@@H](OC(=O)c2cnccn2)c2ccccc2)cc1. The predicted octanol–water partition coefficient (Wildman–Crippen LogP) is 3.32. The summed E-state index contributed by atoms with van der Waals surface area (Å²) in [6, 6.07) is 16.2. The summed E-state index contributed by atoms with van der Waals surface area (Å²) in [5, 5.41) is 2.77.